The number of para-hydroxylation sites is 1. The predicted octanol–water partition coefficient (Wildman–Crippen LogP) is 3.16. The van der Waals surface area contributed by atoms with Crippen LogP contribution >= 0.6 is 0 Å². The molecule has 136 valence electrons. The van der Waals surface area contributed by atoms with E-state index in [1.807, 2.05) is 0 Å². The zero-order valence-electron chi connectivity index (χ0n) is 14.9. The van der Waals surface area contributed by atoms with Crippen molar-refractivity contribution in [2.45, 2.75) is 43.9 Å². The fourth-order valence-corrected chi connectivity index (χ4v) is 5.88. The first-order valence-electron chi connectivity index (χ1n) is 9.89. The summed E-state index contributed by atoms with van der Waals surface area (Å²) in [5, 5.41) is 1.22. The Labute approximate surface area is 152 Å². The van der Waals surface area contributed by atoms with Gasteiger partial charge in [-0.2, -0.15) is 0 Å². The molecule has 26 heavy (non-hydrogen) atoms. The van der Waals surface area contributed by atoms with Crippen molar-refractivity contribution in [1.29, 1.82) is 0 Å². The maximum absolute atomic E-state index is 13.0. The van der Waals surface area contributed by atoms with E-state index in [1.54, 1.807) is 0 Å². The molecule has 0 bridgehead atoms. The van der Waals surface area contributed by atoms with Crippen LogP contribution < -0.4 is 0 Å². The average molecular weight is 352 g/mol. The van der Waals surface area contributed by atoms with E-state index in [1.165, 1.54) is 16.6 Å². The lowest BCUT2D eigenvalue weighted by Gasteiger charge is -2.50. The summed E-state index contributed by atoms with van der Waals surface area (Å²) in [5.41, 5.74) is 3.66. The smallest absolute Gasteiger partial charge is 0.227 e. The molecule has 1 aromatic carbocycles. The minimum absolute atomic E-state index is 0.208. The van der Waals surface area contributed by atoms with Gasteiger partial charge in [0.2, 0.25) is 5.91 Å². The van der Waals surface area contributed by atoms with Gasteiger partial charge in [0.25, 0.3) is 0 Å². The molecule has 3 aliphatic heterocycles. The number of carbonyl (C=O) groups is 1. The first-order valence-corrected chi connectivity index (χ1v) is 9.89. The van der Waals surface area contributed by atoms with Gasteiger partial charge in [0.15, 0.2) is 5.79 Å². The van der Waals surface area contributed by atoms with Gasteiger partial charge in [0.1, 0.15) is 0 Å². The van der Waals surface area contributed by atoms with Crippen LogP contribution in [0.4, 0.5) is 0 Å². The van der Waals surface area contributed by atoms with E-state index in [9.17, 15) is 4.79 Å². The Kier molecular flexibility index (Phi) is 3.12. The molecule has 4 heterocycles. The van der Waals surface area contributed by atoms with Crippen LogP contribution in [-0.2, 0) is 20.7 Å². The molecule has 1 amide bonds. The van der Waals surface area contributed by atoms with Gasteiger partial charge in [-0.15, -0.1) is 0 Å². The molecular weight excluding hydrogens is 328 g/mol. The van der Waals surface area contributed by atoms with E-state index in [0.717, 1.165) is 37.7 Å². The number of carbonyl (C=O) groups excluding carboxylic acids is 1. The van der Waals surface area contributed by atoms with Crippen molar-refractivity contribution < 1.29 is 14.3 Å². The Morgan fingerprint density at radius 3 is 2.88 bits per heavy atom. The number of benzene rings is 1. The summed E-state index contributed by atoms with van der Waals surface area (Å²) in [7, 11) is 0. The number of hydrogen-bond acceptors (Lipinski definition) is 3. The van der Waals surface area contributed by atoms with Gasteiger partial charge in [0, 0.05) is 36.0 Å². The highest BCUT2D eigenvalue weighted by atomic mass is 16.7. The monoisotopic (exact) mass is 352 g/mol. The zero-order valence-corrected chi connectivity index (χ0v) is 14.9. The molecule has 6 rings (SSSR count). The van der Waals surface area contributed by atoms with Crippen molar-refractivity contribution in [2.24, 2.45) is 11.8 Å². The van der Waals surface area contributed by atoms with Crippen molar-refractivity contribution in [1.82, 2.24) is 9.88 Å². The largest absolute Gasteiger partial charge is 0.356 e. The molecule has 2 saturated heterocycles. The standard InChI is InChI=1S/C21H24N2O3/c24-19-10-16-15-3-1-2-4-17(15)22-20(16)18-9-13-5-6-21(25-7-8-26-21)11-14(13)12-23(18)19/h1-4,13-14,18,22H,5-12H2/t13-,14-,18-/m0/s1. The molecule has 0 radical (unpaired) electrons. The molecule has 1 aromatic heterocycles. The summed E-state index contributed by atoms with van der Waals surface area (Å²) in [6, 6.07) is 8.58. The maximum atomic E-state index is 13.0. The van der Waals surface area contributed by atoms with Gasteiger partial charge in [-0.3, -0.25) is 4.79 Å². The van der Waals surface area contributed by atoms with Gasteiger partial charge in [-0.05, 0) is 36.3 Å². The van der Waals surface area contributed by atoms with Gasteiger partial charge in [-0.1, -0.05) is 18.2 Å². The molecular formula is C21H24N2O3. The molecule has 5 heteroatoms. The number of H-pyrrole nitrogens is 1. The first kappa shape index (κ1) is 15.2. The SMILES string of the molecule is O=C1Cc2c([nH]c3ccccc23)[C@@H]2C[C@@H]3CCC4(C[C@H]3CN12)OCCO4. The Bertz CT molecular complexity index is 883. The normalized spacial score (nSPS) is 32.5. The van der Waals surface area contributed by atoms with Crippen molar-refractivity contribution >= 4 is 16.8 Å². The minimum Gasteiger partial charge on any atom is -0.356 e. The fraction of sp³-hybridized carbons (Fsp3) is 0.571. The van der Waals surface area contributed by atoms with E-state index in [2.05, 4.69) is 34.1 Å². The number of rotatable bonds is 0. The van der Waals surface area contributed by atoms with Crippen LogP contribution in [0.2, 0.25) is 0 Å². The van der Waals surface area contributed by atoms with E-state index >= 15 is 0 Å². The highest BCUT2D eigenvalue weighted by molar-refractivity contribution is 5.92. The number of piperidine rings is 1. The van der Waals surface area contributed by atoms with E-state index in [0.29, 0.717) is 31.5 Å². The van der Waals surface area contributed by atoms with Crippen LogP contribution in [0, 0.1) is 11.8 Å². The summed E-state index contributed by atoms with van der Waals surface area (Å²) >= 11 is 0. The summed E-state index contributed by atoms with van der Waals surface area (Å²) in [5.74, 6) is 1.06. The number of aromatic nitrogens is 1. The van der Waals surface area contributed by atoms with Crippen LogP contribution in [0.25, 0.3) is 10.9 Å². The van der Waals surface area contributed by atoms with Gasteiger partial charge < -0.3 is 19.4 Å². The third-order valence-electron chi connectivity index (χ3n) is 7.11. The van der Waals surface area contributed by atoms with E-state index in [4.69, 9.17) is 9.47 Å². The molecule has 3 atom stereocenters. The van der Waals surface area contributed by atoms with Gasteiger partial charge in [0.05, 0.1) is 25.7 Å². The quantitative estimate of drug-likeness (QED) is 0.792. The number of ether oxygens (including phenoxy) is 2. The van der Waals surface area contributed by atoms with Crippen LogP contribution in [0.15, 0.2) is 24.3 Å². The third kappa shape index (κ3) is 2.07. The van der Waals surface area contributed by atoms with Crippen LogP contribution in [0.1, 0.15) is 43.0 Å². The molecule has 1 N–H and O–H groups in total. The van der Waals surface area contributed by atoms with Crippen molar-refractivity contribution in [3.63, 3.8) is 0 Å². The number of aromatic amines is 1. The van der Waals surface area contributed by atoms with Gasteiger partial charge >= 0.3 is 0 Å². The molecule has 0 unspecified atom stereocenters. The second-order valence-electron chi connectivity index (χ2n) is 8.41. The Hall–Kier alpha value is -1.85. The summed E-state index contributed by atoms with van der Waals surface area (Å²) in [6.07, 6.45) is 4.65. The minimum atomic E-state index is -0.362. The molecule has 3 fully saturated rings. The molecule has 1 saturated carbocycles. The molecule has 4 aliphatic rings. The molecule has 2 aromatic rings. The van der Waals surface area contributed by atoms with Crippen LogP contribution in [0.3, 0.4) is 0 Å². The molecule has 1 spiro atoms. The zero-order chi connectivity index (χ0) is 17.3. The number of nitrogens with one attached hydrogen (secondary N) is 1. The average Bonchev–Trinajstić information content (AvgIpc) is 3.26. The highest BCUT2D eigenvalue weighted by Gasteiger charge is 2.50. The summed E-state index contributed by atoms with van der Waals surface area (Å²) < 4.78 is 11.9. The highest BCUT2D eigenvalue weighted by Crippen LogP contribution is 2.50. The molecule has 5 nitrogen and oxygen atoms in total. The van der Waals surface area contributed by atoms with Crippen LogP contribution in [0.5, 0.6) is 0 Å². The van der Waals surface area contributed by atoms with E-state index < -0.39 is 0 Å². The Morgan fingerprint density at radius 2 is 2.00 bits per heavy atom. The predicted molar refractivity (Wildman–Crippen MR) is 96.5 cm³/mol. The second kappa shape index (κ2) is 5.33. The van der Waals surface area contributed by atoms with Crippen molar-refractivity contribution in [3.8, 4) is 0 Å². The lowest BCUT2D eigenvalue weighted by atomic mass is 9.69. The number of fused-ring (bicyclic) bond motifs is 6. The lowest BCUT2D eigenvalue weighted by Crippen LogP contribution is -2.53. The van der Waals surface area contributed by atoms with Crippen molar-refractivity contribution in [2.75, 3.05) is 19.8 Å². The molecule has 1 aliphatic carbocycles. The summed E-state index contributed by atoms with van der Waals surface area (Å²) in [4.78, 5) is 18.7. The lowest BCUT2D eigenvalue weighted by molar-refractivity contribution is -0.203. The topological polar surface area (TPSA) is 54.6 Å². The maximum Gasteiger partial charge on any atom is 0.227 e. The number of hydrogen-bond donors (Lipinski definition) is 1. The third-order valence-corrected chi connectivity index (χ3v) is 7.11. The van der Waals surface area contributed by atoms with Crippen molar-refractivity contribution in [3.05, 3.63) is 35.5 Å². The number of nitrogens with zero attached hydrogens (tertiary/aromatic N) is 1. The Balaban J connectivity index is 1.35. The fourth-order valence-electron chi connectivity index (χ4n) is 5.88. The summed E-state index contributed by atoms with van der Waals surface area (Å²) in [6.45, 7) is 2.26. The first-order chi connectivity index (χ1) is 12.7. The van der Waals surface area contributed by atoms with Gasteiger partial charge in [-0.25, -0.2) is 0 Å². The van der Waals surface area contributed by atoms with E-state index in [-0.39, 0.29) is 17.7 Å². The van der Waals surface area contributed by atoms with Crippen LogP contribution in [-0.4, -0.2) is 41.3 Å². The Morgan fingerprint density at radius 1 is 1.15 bits per heavy atom. The number of amides is 1. The second-order valence-corrected chi connectivity index (χ2v) is 8.41.